The molecule has 2 aliphatic rings. The molecule has 2 aliphatic heterocycles. The number of piperidine rings is 1. The molecule has 2 heterocycles. The van der Waals surface area contributed by atoms with E-state index >= 15 is 0 Å². The van der Waals surface area contributed by atoms with E-state index in [4.69, 9.17) is 9.47 Å². The van der Waals surface area contributed by atoms with Crippen molar-refractivity contribution in [3.63, 3.8) is 0 Å². The molecule has 1 amide bonds. The molecule has 2 unspecified atom stereocenters. The maximum absolute atomic E-state index is 12.1. The standard InChI is InChI=1S/C19H28N2O3.ClH/c1-23-17-5-7-18(8-6-17)24-10-2-9-20-19(22)13-14-11-15-3-4-16(12-14)21-15;/h5-8,14-16,21H,2-4,9-13H2,1H3,(H,20,22);1H. The highest BCUT2D eigenvalue weighted by Gasteiger charge is 2.33. The molecule has 6 heteroatoms. The van der Waals surface area contributed by atoms with Crippen LogP contribution in [0.4, 0.5) is 0 Å². The van der Waals surface area contributed by atoms with Crippen molar-refractivity contribution < 1.29 is 14.3 Å². The number of ether oxygens (including phenoxy) is 2. The Balaban J connectivity index is 0.00000225. The lowest BCUT2D eigenvalue weighted by atomic mass is 9.89. The molecule has 25 heavy (non-hydrogen) atoms. The highest BCUT2D eigenvalue weighted by Crippen LogP contribution is 2.32. The highest BCUT2D eigenvalue weighted by molar-refractivity contribution is 5.85. The first kappa shape index (κ1) is 19.9. The molecule has 2 bridgehead atoms. The first-order valence-electron chi connectivity index (χ1n) is 9.02. The molecule has 2 saturated heterocycles. The van der Waals surface area contributed by atoms with Crippen LogP contribution in [0.5, 0.6) is 11.5 Å². The number of nitrogens with one attached hydrogen (secondary N) is 2. The zero-order valence-corrected chi connectivity index (χ0v) is 15.6. The Kier molecular flexibility index (Phi) is 7.85. The fourth-order valence-electron chi connectivity index (χ4n) is 3.84. The van der Waals surface area contributed by atoms with Gasteiger partial charge in [-0.3, -0.25) is 4.79 Å². The Morgan fingerprint density at radius 2 is 1.80 bits per heavy atom. The van der Waals surface area contributed by atoms with Crippen molar-refractivity contribution in [3.05, 3.63) is 24.3 Å². The third kappa shape index (κ3) is 6.08. The zero-order chi connectivity index (χ0) is 16.8. The maximum Gasteiger partial charge on any atom is 0.220 e. The molecule has 0 spiro atoms. The van der Waals surface area contributed by atoms with Gasteiger partial charge < -0.3 is 20.1 Å². The number of fused-ring (bicyclic) bond motifs is 2. The van der Waals surface area contributed by atoms with Gasteiger partial charge in [0.15, 0.2) is 0 Å². The minimum Gasteiger partial charge on any atom is -0.497 e. The van der Waals surface area contributed by atoms with Crippen LogP contribution in [0.15, 0.2) is 24.3 Å². The minimum atomic E-state index is 0. The lowest BCUT2D eigenvalue weighted by Crippen LogP contribution is -2.39. The summed E-state index contributed by atoms with van der Waals surface area (Å²) in [5, 5.41) is 6.65. The Labute approximate surface area is 156 Å². The summed E-state index contributed by atoms with van der Waals surface area (Å²) >= 11 is 0. The number of rotatable bonds is 8. The summed E-state index contributed by atoms with van der Waals surface area (Å²) in [7, 11) is 1.65. The van der Waals surface area contributed by atoms with Crippen LogP contribution in [0.1, 0.15) is 38.5 Å². The molecular formula is C19H29ClN2O3. The number of amides is 1. The molecule has 140 valence electrons. The van der Waals surface area contributed by atoms with Gasteiger partial charge in [-0.05, 0) is 62.3 Å². The van der Waals surface area contributed by atoms with Crippen molar-refractivity contribution in [1.29, 1.82) is 0 Å². The molecule has 5 nitrogen and oxygen atoms in total. The van der Waals surface area contributed by atoms with Gasteiger partial charge in [0.1, 0.15) is 11.5 Å². The molecule has 0 aliphatic carbocycles. The molecule has 2 N–H and O–H groups in total. The van der Waals surface area contributed by atoms with Crippen LogP contribution in [0, 0.1) is 5.92 Å². The largest absolute Gasteiger partial charge is 0.497 e. The van der Waals surface area contributed by atoms with Crippen LogP contribution in [0.2, 0.25) is 0 Å². The number of hydrogen-bond acceptors (Lipinski definition) is 4. The van der Waals surface area contributed by atoms with Gasteiger partial charge in [-0.15, -0.1) is 12.4 Å². The van der Waals surface area contributed by atoms with E-state index in [-0.39, 0.29) is 18.3 Å². The first-order chi connectivity index (χ1) is 11.7. The van der Waals surface area contributed by atoms with Gasteiger partial charge in [0, 0.05) is 25.0 Å². The fraction of sp³-hybridized carbons (Fsp3) is 0.632. The van der Waals surface area contributed by atoms with Gasteiger partial charge in [-0.25, -0.2) is 0 Å². The molecule has 0 saturated carbocycles. The van der Waals surface area contributed by atoms with Crippen LogP contribution < -0.4 is 20.1 Å². The number of halogens is 1. The normalized spacial score (nSPS) is 24.3. The molecule has 3 rings (SSSR count). The average Bonchev–Trinajstić information content (AvgIpc) is 2.93. The van der Waals surface area contributed by atoms with Crippen molar-refractivity contribution in [3.8, 4) is 11.5 Å². The van der Waals surface area contributed by atoms with E-state index in [1.54, 1.807) is 7.11 Å². The molecule has 1 aromatic carbocycles. The van der Waals surface area contributed by atoms with Crippen LogP contribution in [-0.4, -0.2) is 38.3 Å². The molecule has 2 atom stereocenters. The fourth-order valence-corrected chi connectivity index (χ4v) is 3.84. The first-order valence-corrected chi connectivity index (χ1v) is 9.02. The maximum atomic E-state index is 12.1. The Morgan fingerprint density at radius 3 is 2.44 bits per heavy atom. The Morgan fingerprint density at radius 1 is 1.16 bits per heavy atom. The Bertz CT molecular complexity index is 526. The van der Waals surface area contributed by atoms with Crippen LogP contribution in [0.3, 0.4) is 0 Å². The number of hydrogen-bond donors (Lipinski definition) is 2. The smallest absolute Gasteiger partial charge is 0.220 e. The van der Waals surface area contributed by atoms with Crippen molar-refractivity contribution in [2.45, 2.75) is 50.6 Å². The Hall–Kier alpha value is -1.46. The SMILES string of the molecule is COc1ccc(OCCCNC(=O)CC2CC3CCC(C2)N3)cc1.Cl. The van der Waals surface area contributed by atoms with Gasteiger partial charge >= 0.3 is 0 Å². The summed E-state index contributed by atoms with van der Waals surface area (Å²) in [6.45, 7) is 1.27. The quantitative estimate of drug-likeness (QED) is 0.693. The van der Waals surface area contributed by atoms with E-state index in [0.717, 1.165) is 30.8 Å². The summed E-state index contributed by atoms with van der Waals surface area (Å²) in [5.41, 5.74) is 0. The number of carbonyl (C=O) groups excluding carboxylic acids is 1. The second kappa shape index (κ2) is 9.88. The zero-order valence-electron chi connectivity index (χ0n) is 14.8. The second-order valence-corrected chi connectivity index (χ2v) is 6.91. The third-order valence-corrected chi connectivity index (χ3v) is 5.02. The highest BCUT2D eigenvalue weighted by atomic mass is 35.5. The molecule has 2 fully saturated rings. The predicted molar refractivity (Wildman–Crippen MR) is 101 cm³/mol. The van der Waals surface area contributed by atoms with Gasteiger partial charge in [0.25, 0.3) is 0 Å². The van der Waals surface area contributed by atoms with Crippen molar-refractivity contribution in [2.75, 3.05) is 20.3 Å². The van der Waals surface area contributed by atoms with E-state index < -0.39 is 0 Å². The summed E-state index contributed by atoms with van der Waals surface area (Å²) in [6.07, 6.45) is 6.37. The number of carbonyl (C=O) groups is 1. The number of benzene rings is 1. The van der Waals surface area contributed by atoms with Crippen LogP contribution in [0.25, 0.3) is 0 Å². The van der Waals surface area contributed by atoms with E-state index in [9.17, 15) is 4.79 Å². The monoisotopic (exact) mass is 368 g/mol. The number of methoxy groups -OCH3 is 1. The van der Waals surface area contributed by atoms with E-state index in [1.807, 2.05) is 24.3 Å². The predicted octanol–water partition coefficient (Wildman–Crippen LogP) is 2.92. The summed E-state index contributed by atoms with van der Waals surface area (Å²) < 4.78 is 10.8. The molecular weight excluding hydrogens is 340 g/mol. The lowest BCUT2D eigenvalue weighted by molar-refractivity contribution is -0.122. The van der Waals surface area contributed by atoms with Crippen molar-refractivity contribution >= 4 is 18.3 Å². The van der Waals surface area contributed by atoms with Gasteiger partial charge in [-0.1, -0.05) is 0 Å². The topological polar surface area (TPSA) is 59.6 Å². The summed E-state index contributed by atoms with van der Waals surface area (Å²) in [5.74, 6) is 2.39. The third-order valence-electron chi connectivity index (χ3n) is 5.02. The second-order valence-electron chi connectivity index (χ2n) is 6.91. The van der Waals surface area contributed by atoms with E-state index in [0.29, 0.717) is 37.6 Å². The summed E-state index contributed by atoms with van der Waals surface area (Å²) in [4.78, 5) is 12.1. The van der Waals surface area contributed by atoms with E-state index in [1.165, 1.54) is 12.8 Å². The van der Waals surface area contributed by atoms with E-state index in [2.05, 4.69) is 10.6 Å². The van der Waals surface area contributed by atoms with Crippen LogP contribution in [-0.2, 0) is 4.79 Å². The van der Waals surface area contributed by atoms with Gasteiger partial charge in [0.05, 0.1) is 13.7 Å². The van der Waals surface area contributed by atoms with Gasteiger partial charge in [-0.2, -0.15) is 0 Å². The van der Waals surface area contributed by atoms with Crippen molar-refractivity contribution in [2.24, 2.45) is 5.92 Å². The average molecular weight is 369 g/mol. The van der Waals surface area contributed by atoms with Crippen LogP contribution >= 0.6 is 12.4 Å². The van der Waals surface area contributed by atoms with Crippen molar-refractivity contribution in [1.82, 2.24) is 10.6 Å². The molecule has 1 aromatic rings. The molecule has 0 aromatic heterocycles. The van der Waals surface area contributed by atoms with Gasteiger partial charge in [0.2, 0.25) is 5.91 Å². The minimum absolute atomic E-state index is 0. The lowest BCUT2D eigenvalue weighted by Gasteiger charge is -2.28. The molecule has 0 radical (unpaired) electrons. The summed E-state index contributed by atoms with van der Waals surface area (Å²) in [6, 6.07) is 8.84.